The lowest BCUT2D eigenvalue weighted by Crippen LogP contribution is -2.41. The van der Waals surface area contributed by atoms with Crippen LogP contribution in [-0.4, -0.2) is 52.1 Å². The minimum absolute atomic E-state index is 0.0399. The second kappa shape index (κ2) is 8.95. The van der Waals surface area contributed by atoms with Gasteiger partial charge in [-0.1, -0.05) is 12.1 Å². The predicted molar refractivity (Wildman–Crippen MR) is 109 cm³/mol. The van der Waals surface area contributed by atoms with Crippen LogP contribution in [0.2, 0.25) is 0 Å². The van der Waals surface area contributed by atoms with E-state index in [1.165, 1.54) is 29.7 Å². The van der Waals surface area contributed by atoms with Crippen molar-refractivity contribution in [2.24, 2.45) is 0 Å². The van der Waals surface area contributed by atoms with Gasteiger partial charge in [-0.2, -0.15) is 0 Å². The van der Waals surface area contributed by atoms with Crippen LogP contribution in [0.3, 0.4) is 0 Å². The van der Waals surface area contributed by atoms with Crippen molar-refractivity contribution in [3.8, 4) is 11.4 Å². The second-order valence-corrected chi connectivity index (χ2v) is 6.49. The number of benzene rings is 1. The van der Waals surface area contributed by atoms with E-state index in [4.69, 9.17) is 14.2 Å². The fourth-order valence-corrected chi connectivity index (χ4v) is 3.23. The van der Waals surface area contributed by atoms with Crippen molar-refractivity contribution in [1.29, 1.82) is 0 Å². The highest BCUT2D eigenvalue weighted by Gasteiger charge is 2.25. The SMILES string of the molecule is CCOC(=O)C(C)n1cnc2c1c(=O)n(CCOC)c(=O)n2-c1ccccc1OC. The Kier molecular flexibility index (Phi) is 6.36. The highest BCUT2D eigenvalue weighted by molar-refractivity contribution is 5.79. The lowest BCUT2D eigenvalue weighted by Gasteiger charge is -2.16. The average Bonchev–Trinajstić information content (AvgIpc) is 3.18. The van der Waals surface area contributed by atoms with Crippen molar-refractivity contribution >= 4 is 17.1 Å². The highest BCUT2D eigenvalue weighted by Crippen LogP contribution is 2.24. The maximum Gasteiger partial charge on any atom is 0.337 e. The number of nitrogens with zero attached hydrogens (tertiary/aromatic N) is 4. The number of fused-ring (bicyclic) bond motifs is 1. The van der Waals surface area contributed by atoms with Crippen molar-refractivity contribution in [1.82, 2.24) is 18.7 Å². The smallest absolute Gasteiger partial charge is 0.337 e. The van der Waals surface area contributed by atoms with Crippen LogP contribution in [-0.2, 0) is 20.8 Å². The van der Waals surface area contributed by atoms with Gasteiger partial charge in [0.1, 0.15) is 11.8 Å². The van der Waals surface area contributed by atoms with Crippen molar-refractivity contribution in [2.45, 2.75) is 26.4 Å². The van der Waals surface area contributed by atoms with Gasteiger partial charge in [-0.05, 0) is 26.0 Å². The Morgan fingerprint density at radius 3 is 2.60 bits per heavy atom. The van der Waals surface area contributed by atoms with Crippen LogP contribution in [0, 0.1) is 0 Å². The fraction of sp³-hybridized carbons (Fsp3) is 0.400. The molecule has 0 saturated heterocycles. The summed E-state index contributed by atoms with van der Waals surface area (Å²) < 4.78 is 19.3. The Hall–Kier alpha value is -3.40. The number of imidazole rings is 1. The molecule has 2 aromatic heterocycles. The molecule has 3 rings (SSSR count). The van der Waals surface area contributed by atoms with Gasteiger partial charge in [0, 0.05) is 7.11 Å². The van der Waals surface area contributed by atoms with Crippen LogP contribution in [0.1, 0.15) is 19.9 Å². The highest BCUT2D eigenvalue weighted by atomic mass is 16.5. The molecule has 0 radical (unpaired) electrons. The number of methoxy groups -OCH3 is 2. The first kappa shape index (κ1) is 21.3. The Bertz CT molecular complexity index is 1180. The van der Waals surface area contributed by atoms with E-state index in [0.29, 0.717) is 11.4 Å². The summed E-state index contributed by atoms with van der Waals surface area (Å²) in [6.07, 6.45) is 1.36. The summed E-state index contributed by atoms with van der Waals surface area (Å²) in [5.41, 5.74) is -0.485. The number of esters is 1. The zero-order valence-electron chi connectivity index (χ0n) is 17.3. The Balaban J connectivity index is 2.38. The minimum atomic E-state index is -0.804. The van der Waals surface area contributed by atoms with E-state index in [1.807, 2.05) is 0 Å². The Labute approximate surface area is 172 Å². The van der Waals surface area contributed by atoms with Gasteiger partial charge in [-0.3, -0.25) is 9.36 Å². The maximum atomic E-state index is 13.3. The molecule has 10 heteroatoms. The van der Waals surface area contributed by atoms with Crippen molar-refractivity contribution in [3.05, 3.63) is 51.4 Å². The lowest BCUT2D eigenvalue weighted by atomic mass is 10.2. The Morgan fingerprint density at radius 2 is 1.93 bits per heavy atom. The van der Waals surface area contributed by atoms with Gasteiger partial charge in [0.25, 0.3) is 5.56 Å². The monoisotopic (exact) mass is 416 g/mol. The van der Waals surface area contributed by atoms with E-state index in [-0.39, 0.29) is 30.9 Å². The zero-order chi connectivity index (χ0) is 21.8. The standard InChI is InChI=1S/C20H24N4O6/c1-5-30-19(26)13(2)23-12-21-17-16(23)18(25)22(10-11-28-3)20(27)24(17)14-8-6-7-9-15(14)29-4/h6-9,12-13H,5,10-11H2,1-4H3. The van der Waals surface area contributed by atoms with Gasteiger partial charge in [0.2, 0.25) is 0 Å². The van der Waals surface area contributed by atoms with Gasteiger partial charge in [-0.15, -0.1) is 0 Å². The number of ether oxygens (including phenoxy) is 3. The molecule has 1 unspecified atom stereocenters. The van der Waals surface area contributed by atoms with Crippen molar-refractivity contribution in [3.63, 3.8) is 0 Å². The summed E-state index contributed by atoms with van der Waals surface area (Å²) in [6, 6.07) is 6.11. The number of rotatable bonds is 8. The molecule has 0 fully saturated rings. The first-order valence-electron chi connectivity index (χ1n) is 9.47. The van der Waals surface area contributed by atoms with Gasteiger partial charge in [0.05, 0.1) is 38.9 Å². The molecule has 30 heavy (non-hydrogen) atoms. The molecule has 1 aromatic carbocycles. The van der Waals surface area contributed by atoms with E-state index in [2.05, 4.69) is 4.98 Å². The molecule has 0 aliphatic carbocycles. The molecule has 3 aromatic rings. The molecule has 0 spiro atoms. The maximum absolute atomic E-state index is 13.3. The minimum Gasteiger partial charge on any atom is -0.495 e. The number of carbonyl (C=O) groups is 1. The third-order valence-electron chi connectivity index (χ3n) is 4.75. The fourth-order valence-electron chi connectivity index (χ4n) is 3.23. The van der Waals surface area contributed by atoms with E-state index in [1.54, 1.807) is 38.1 Å². The van der Waals surface area contributed by atoms with E-state index < -0.39 is 23.3 Å². The third-order valence-corrected chi connectivity index (χ3v) is 4.75. The first-order valence-corrected chi connectivity index (χ1v) is 9.47. The quantitative estimate of drug-likeness (QED) is 0.507. The summed E-state index contributed by atoms with van der Waals surface area (Å²) in [5.74, 6) is -0.0690. The summed E-state index contributed by atoms with van der Waals surface area (Å²) >= 11 is 0. The first-order chi connectivity index (χ1) is 14.5. The molecule has 0 aliphatic rings. The molecule has 0 aliphatic heterocycles. The number of hydrogen-bond donors (Lipinski definition) is 0. The molecular formula is C20H24N4O6. The lowest BCUT2D eigenvalue weighted by molar-refractivity contribution is -0.146. The normalized spacial score (nSPS) is 12.1. The van der Waals surface area contributed by atoms with E-state index in [9.17, 15) is 14.4 Å². The van der Waals surface area contributed by atoms with Crippen LogP contribution in [0.5, 0.6) is 5.75 Å². The van der Waals surface area contributed by atoms with Crippen LogP contribution < -0.4 is 16.0 Å². The van der Waals surface area contributed by atoms with E-state index >= 15 is 0 Å². The van der Waals surface area contributed by atoms with Crippen LogP contribution in [0.25, 0.3) is 16.9 Å². The zero-order valence-corrected chi connectivity index (χ0v) is 17.3. The average molecular weight is 416 g/mol. The summed E-state index contributed by atoms with van der Waals surface area (Å²) in [6.45, 7) is 3.72. The molecule has 0 bridgehead atoms. The number of hydrogen-bond acceptors (Lipinski definition) is 7. The van der Waals surface area contributed by atoms with Crippen molar-refractivity contribution in [2.75, 3.05) is 27.4 Å². The molecule has 0 N–H and O–H groups in total. The topological polar surface area (TPSA) is 107 Å². The summed E-state index contributed by atoms with van der Waals surface area (Å²) in [4.78, 5) is 43.1. The molecule has 10 nitrogen and oxygen atoms in total. The van der Waals surface area contributed by atoms with Gasteiger partial charge in [-0.25, -0.2) is 19.1 Å². The van der Waals surface area contributed by atoms with Crippen LogP contribution in [0.4, 0.5) is 0 Å². The molecular weight excluding hydrogens is 392 g/mol. The van der Waals surface area contributed by atoms with Crippen LogP contribution >= 0.6 is 0 Å². The van der Waals surface area contributed by atoms with Gasteiger partial charge < -0.3 is 18.8 Å². The Morgan fingerprint density at radius 1 is 1.20 bits per heavy atom. The number of carbonyl (C=O) groups excluding carboxylic acids is 1. The van der Waals surface area contributed by atoms with Gasteiger partial charge >= 0.3 is 11.7 Å². The number of aromatic nitrogens is 4. The summed E-state index contributed by atoms with van der Waals surface area (Å²) in [5, 5.41) is 0. The molecule has 0 amide bonds. The molecule has 160 valence electrons. The van der Waals surface area contributed by atoms with Crippen LogP contribution in [0.15, 0.2) is 40.2 Å². The third kappa shape index (κ3) is 3.61. The van der Waals surface area contributed by atoms with E-state index in [0.717, 1.165) is 4.57 Å². The second-order valence-electron chi connectivity index (χ2n) is 6.49. The largest absolute Gasteiger partial charge is 0.495 e. The van der Waals surface area contributed by atoms with Gasteiger partial charge in [0.15, 0.2) is 11.2 Å². The summed E-state index contributed by atoms with van der Waals surface area (Å²) in [7, 11) is 2.97. The predicted octanol–water partition coefficient (Wildman–Crippen LogP) is 1.13. The number of para-hydroxylation sites is 2. The van der Waals surface area contributed by atoms with Crippen molar-refractivity contribution < 1.29 is 19.0 Å². The molecule has 1 atom stereocenters. The molecule has 2 heterocycles. The molecule has 0 saturated carbocycles.